The summed E-state index contributed by atoms with van der Waals surface area (Å²) in [5, 5.41) is 4.47. The van der Waals surface area contributed by atoms with E-state index in [1.54, 1.807) is 4.90 Å². The number of nitrogens with one attached hydrogen (secondary N) is 1. The molecule has 7 nitrogen and oxygen atoms in total. The lowest BCUT2D eigenvalue weighted by Gasteiger charge is -2.17. The first-order valence-electron chi connectivity index (χ1n) is 7.01. The average Bonchev–Trinajstić information content (AvgIpc) is 2.94. The zero-order chi connectivity index (χ0) is 15.6. The summed E-state index contributed by atoms with van der Waals surface area (Å²) < 4.78 is 26.2. The van der Waals surface area contributed by atoms with Gasteiger partial charge in [-0.2, -0.15) is 5.10 Å². The van der Waals surface area contributed by atoms with Gasteiger partial charge in [-0.05, 0) is 26.3 Å². The summed E-state index contributed by atoms with van der Waals surface area (Å²) in [7, 11) is -3.23. The highest BCUT2D eigenvalue weighted by Gasteiger charge is 2.28. The number of carbonyl (C=O) groups excluding carboxylic acids is 1. The highest BCUT2D eigenvalue weighted by molar-refractivity contribution is 7.88. The van der Waals surface area contributed by atoms with Crippen LogP contribution in [0.1, 0.15) is 30.3 Å². The first-order chi connectivity index (χ1) is 9.76. The zero-order valence-corrected chi connectivity index (χ0v) is 13.5. The normalized spacial score (nSPS) is 19.2. The number of amides is 1. The summed E-state index contributed by atoms with van der Waals surface area (Å²) in [6.45, 7) is 5.46. The predicted octanol–water partition coefficient (Wildman–Crippen LogP) is 0.213. The van der Waals surface area contributed by atoms with Gasteiger partial charge in [-0.25, -0.2) is 13.1 Å². The summed E-state index contributed by atoms with van der Waals surface area (Å²) in [6, 6.07) is 2.24. The number of aryl methyl sites for hydroxylation is 2. The van der Waals surface area contributed by atoms with Crippen molar-refractivity contribution in [2.24, 2.45) is 0 Å². The molecule has 0 radical (unpaired) electrons. The molecule has 1 aromatic rings. The number of nitrogens with zero attached hydrogens (tertiary/aromatic N) is 3. The molecular formula is C13H22N4O3S. The number of likely N-dealkylation sites (tertiary alicyclic amines) is 1. The van der Waals surface area contributed by atoms with Crippen molar-refractivity contribution in [3.8, 4) is 0 Å². The molecule has 1 aliphatic rings. The molecule has 0 spiro atoms. The van der Waals surface area contributed by atoms with Gasteiger partial charge in [-0.15, -0.1) is 0 Å². The predicted molar refractivity (Wildman–Crippen MR) is 79.4 cm³/mol. The fourth-order valence-corrected chi connectivity index (χ4v) is 3.16. The van der Waals surface area contributed by atoms with Crippen LogP contribution in [0.5, 0.6) is 0 Å². The van der Waals surface area contributed by atoms with Crippen LogP contribution in [0, 0.1) is 13.8 Å². The maximum Gasteiger partial charge on any atom is 0.223 e. The molecule has 2 rings (SSSR count). The van der Waals surface area contributed by atoms with Crippen molar-refractivity contribution in [2.45, 2.75) is 32.7 Å². The van der Waals surface area contributed by atoms with Crippen molar-refractivity contribution < 1.29 is 13.2 Å². The number of rotatable bonds is 5. The van der Waals surface area contributed by atoms with E-state index in [-0.39, 0.29) is 24.9 Å². The Morgan fingerprint density at radius 1 is 1.48 bits per heavy atom. The second-order valence-corrected chi connectivity index (χ2v) is 7.40. The molecule has 0 unspecified atom stereocenters. The molecule has 0 saturated carbocycles. The molecule has 0 bridgehead atoms. The minimum Gasteiger partial charge on any atom is -0.340 e. The third kappa shape index (κ3) is 4.28. The topological polar surface area (TPSA) is 84.3 Å². The Morgan fingerprint density at radius 2 is 2.19 bits per heavy atom. The van der Waals surface area contributed by atoms with Gasteiger partial charge in [0.05, 0.1) is 18.0 Å². The van der Waals surface area contributed by atoms with Gasteiger partial charge in [0.25, 0.3) is 0 Å². The van der Waals surface area contributed by atoms with Crippen molar-refractivity contribution >= 4 is 15.9 Å². The smallest absolute Gasteiger partial charge is 0.223 e. The van der Waals surface area contributed by atoms with E-state index < -0.39 is 10.0 Å². The third-order valence-electron chi connectivity index (χ3n) is 3.61. The van der Waals surface area contributed by atoms with E-state index in [0.29, 0.717) is 13.1 Å². The Balaban J connectivity index is 1.87. The van der Waals surface area contributed by atoms with E-state index in [9.17, 15) is 13.2 Å². The highest BCUT2D eigenvalue weighted by Crippen LogP contribution is 2.23. The first kappa shape index (κ1) is 16.0. The monoisotopic (exact) mass is 314 g/mol. The standard InChI is InChI=1S/C13H22N4O3S/c1-10-8-11(2)17(15-10)12-5-7-16(9-12)13(18)4-6-14-21(3,19)20/h8,12,14H,4-7,9H2,1-3H3/t12-/m1/s1. The molecule has 0 aliphatic carbocycles. The molecule has 1 aliphatic heterocycles. The van der Waals surface area contributed by atoms with Crippen LogP contribution in [-0.2, 0) is 14.8 Å². The van der Waals surface area contributed by atoms with Gasteiger partial charge in [-0.1, -0.05) is 0 Å². The Bertz CT molecular complexity index is 623. The first-order valence-corrected chi connectivity index (χ1v) is 8.90. The second-order valence-electron chi connectivity index (χ2n) is 5.57. The Kier molecular flexibility index (Phi) is 4.67. The van der Waals surface area contributed by atoms with Crippen LogP contribution < -0.4 is 4.72 Å². The lowest BCUT2D eigenvalue weighted by Crippen LogP contribution is -2.33. The van der Waals surface area contributed by atoms with E-state index in [0.717, 1.165) is 24.1 Å². The summed E-state index contributed by atoms with van der Waals surface area (Å²) in [5.41, 5.74) is 2.08. The summed E-state index contributed by atoms with van der Waals surface area (Å²) in [5.74, 6) is -0.0184. The molecule has 1 N–H and O–H groups in total. The van der Waals surface area contributed by atoms with Gasteiger partial charge in [0.2, 0.25) is 15.9 Å². The van der Waals surface area contributed by atoms with Gasteiger partial charge in [0.1, 0.15) is 0 Å². The van der Waals surface area contributed by atoms with Crippen LogP contribution in [0.2, 0.25) is 0 Å². The largest absolute Gasteiger partial charge is 0.340 e. The lowest BCUT2D eigenvalue weighted by atomic mass is 10.2. The van der Waals surface area contributed by atoms with Crippen LogP contribution >= 0.6 is 0 Å². The number of hydrogen-bond acceptors (Lipinski definition) is 4. The van der Waals surface area contributed by atoms with Crippen LogP contribution in [0.15, 0.2) is 6.07 Å². The molecule has 0 aromatic carbocycles. The maximum absolute atomic E-state index is 12.1. The van der Waals surface area contributed by atoms with Gasteiger partial charge in [-0.3, -0.25) is 9.48 Å². The molecule has 118 valence electrons. The van der Waals surface area contributed by atoms with E-state index in [1.807, 2.05) is 24.6 Å². The zero-order valence-electron chi connectivity index (χ0n) is 12.7. The SMILES string of the molecule is Cc1cc(C)n([C@@H]2CCN(C(=O)CCNS(C)(=O)=O)C2)n1. The Labute approximate surface area is 125 Å². The van der Waals surface area contributed by atoms with Crippen molar-refractivity contribution in [1.82, 2.24) is 19.4 Å². The quantitative estimate of drug-likeness (QED) is 0.842. The third-order valence-corrected chi connectivity index (χ3v) is 4.34. The van der Waals surface area contributed by atoms with E-state index in [2.05, 4.69) is 9.82 Å². The van der Waals surface area contributed by atoms with Crippen LogP contribution in [0.3, 0.4) is 0 Å². The fraction of sp³-hybridized carbons (Fsp3) is 0.692. The van der Waals surface area contributed by atoms with Gasteiger partial charge in [0.15, 0.2) is 0 Å². The summed E-state index contributed by atoms with van der Waals surface area (Å²) in [6.07, 6.45) is 2.16. The molecule has 1 fully saturated rings. The number of aromatic nitrogens is 2. The number of hydrogen-bond donors (Lipinski definition) is 1. The van der Waals surface area contributed by atoms with Crippen molar-refractivity contribution in [3.05, 3.63) is 17.5 Å². The van der Waals surface area contributed by atoms with Gasteiger partial charge in [0, 0.05) is 31.7 Å². The fourth-order valence-electron chi connectivity index (χ4n) is 2.69. The Hall–Kier alpha value is -1.41. The van der Waals surface area contributed by atoms with Crippen LogP contribution in [0.25, 0.3) is 0 Å². The van der Waals surface area contributed by atoms with Gasteiger partial charge < -0.3 is 4.90 Å². The van der Waals surface area contributed by atoms with E-state index in [4.69, 9.17) is 0 Å². The molecule has 1 amide bonds. The average molecular weight is 314 g/mol. The van der Waals surface area contributed by atoms with E-state index >= 15 is 0 Å². The molecule has 8 heteroatoms. The molecule has 21 heavy (non-hydrogen) atoms. The second kappa shape index (κ2) is 6.15. The number of carbonyl (C=O) groups is 1. The summed E-state index contributed by atoms with van der Waals surface area (Å²) >= 11 is 0. The van der Waals surface area contributed by atoms with Crippen LogP contribution in [0.4, 0.5) is 0 Å². The van der Waals surface area contributed by atoms with Crippen LogP contribution in [-0.4, -0.2) is 54.9 Å². The van der Waals surface area contributed by atoms with Crippen molar-refractivity contribution in [3.63, 3.8) is 0 Å². The van der Waals surface area contributed by atoms with Crippen molar-refractivity contribution in [1.29, 1.82) is 0 Å². The number of sulfonamides is 1. The van der Waals surface area contributed by atoms with Gasteiger partial charge >= 0.3 is 0 Å². The highest BCUT2D eigenvalue weighted by atomic mass is 32.2. The lowest BCUT2D eigenvalue weighted by molar-refractivity contribution is -0.130. The Morgan fingerprint density at radius 3 is 2.76 bits per heavy atom. The minimum atomic E-state index is -3.23. The molecule has 1 saturated heterocycles. The molecule has 2 heterocycles. The minimum absolute atomic E-state index is 0.0184. The summed E-state index contributed by atoms with van der Waals surface area (Å²) in [4.78, 5) is 13.8. The molecule has 1 aromatic heterocycles. The molecule has 1 atom stereocenters. The molecular weight excluding hydrogens is 292 g/mol. The maximum atomic E-state index is 12.1. The van der Waals surface area contributed by atoms with E-state index in [1.165, 1.54) is 0 Å². The van der Waals surface area contributed by atoms with Crippen molar-refractivity contribution in [2.75, 3.05) is 25.9 Å².